The third-order valence-corrected chi connectivity index (χ3v) is 3.57. The smallest absolute Gasteiger partial charge is 0.154 e. The van der Waals surface area contributed by atoms with Gasteiger partial charge in [-0.2, -0.15) is 5.10 Å². The van der Waals surface area contributed by atoms with Crippen molar-refractivity contribution in [3.63, 3.8) is 0 Å². The van der Waals surface area contributed by atoms with Crippen LogP contribution in [0.25, 0.3) is 16.8 Å². The number of carbonyl (C=O) groups is 1. The van der Waals surface area contributed by atoms with Crippen molar-refractivity contribution in [3.8, 4) is 11.3 Å². The minimum Gasteiger partial charge on any atom is -0.298 e. The summed E-state index contributed by atoms with van der Waals surface area (Å²) in [5, 5.41) is 4.49. The zero-order valence-corrected chi connectivity index (χ0v) is 11.9. The molecule has 0 saturated heterocycles. The Morgan fingerprint density at radius 3 is 2.63 bits per heavy atom. The molecule has 3 nitrogen and oxygen atoms in total. The lowest BCUT2D eigenvalue weighted by Crippen LogP contribution is -1.85. The van der Waals surface area contributed by atoms with Crippen molar-refractivity contribution in [2.45, 2.75) is 6.92 Å². The number of rotatable bonds is 2. The van der Waals surface area contributed by atoms with E-state index in [2.05, 4.69) is 21.0 Å². The monoisotopic (exact) mass is 314 g/mol. The zero-order valence-electron chi connectivity index (χ0n) is 10.3. The first-order valence-corrected chi connectivity index (χ1v) is 6.68. The van der Waals surface area contributed by atoms with Crippen molar-refractivity contribution < 1.29 is 4.79 Å². The Kier molecular flexibility index (Phi) is 2.95. The highest BCUT2D eigenvalue weighted by molar-refractivity contribution is 9.10. The van der Waals surface area contributed by atoms with E-state index < -0.39 is 0 Å². The maximum Gasteiger partial charge on any atom is 0.154 e. The molecule has 2 heterocycles. The van der Waals surface area contributed by atoms with Gasteiger partial charge in [-0.15, -0.1) is 0 Å². The Balaban J connectivity index is 2.28. The average Bonchev–Trinajstić information content (AvgIpc) is 2.77. The van der Waals surface area contributed by atoms with E-state index in [1.54, 1.807) is 4.52 Å². The fourth-order valence-corrected chi connectivity index (χ4v) is 2.41. The zero-order chi connectivity index (χ0) is 13.4. The highest BCUT2D eigenvalue weighted by Crippen LogP contribution is 2.26. The molecule has 0 bridgehead atoms. The second-order valence-electron chi connectivity index (χ2n) is 4.42. The topological polar surface area (TPSA) is 34.4 Å². The van der Waals surface area contributed by atoms with Crippen LogP contribution < -0.4 is 0 Å². The Morgan fingerprint density at radius 2 is 1.95 bits per heavy atom. The molecule has 0 unspecified atom stereocenters. The average molecular weight is 315 g/mol. The standard InChI is InChI=1S/C15H11BrN2O/c1-10-2-4-11(5-3-10)15-13(9-19)14-8-12(16)6-7-18(14)17-15/h2-9H,1H3. The van der Waals surface area contributed by atoms with E-state index in [9.17, 15) is 4.79 Å². The van der Waals surface area contributed by atoms with Crippen LogP contribution in [0.5, 0.6) is 0 Å². The maximum atomic E-state index is 11.4. The van der Waals surface area contributed by atoms with E-state index in [-0.39, 0.29) is 0 Å². The molecule has 0 aliphatic heterocycles. The number of carbonyl (C=O) groups excluding carboxylic acids is 1. The van der Waals surface area contributed by atoms with Gasteiger partial charge in [0.05, 0.1) is 11.1 Å². The molecular weight excluding hydrogens is 304 g/mol. The Hall–Kier alpha value is -1.94. The van der Waals surface area contributed by atoms with Gasteiger partial charge in [-0.05, 0) is 19.1 Å². The van der Waals surface area contributed by atoms with Gasteiger partial charge in [0.1, 0.15) is 5.69 Å². The Labute approximate surface area is 119 Å². The van der Waals surface area contributed by atoms with E-state index in [0.717, 1.165) is 21.8 Å². The highest BCUT2D eigenvalue weighted by atomic mass is 79.9. The Bertz CT molecular complexity index is 760. The number of aldehydes is 1. The SMILES string of the molecule is Cc1ccc(-c2nn3ccc(Br)cc3c2C=O)cc1. The van der Waals surface area contributed by atoms with Crippen LogP contribution in [-0.2, 0) is 0 Å². The summed E-state index contributed by atoms with van der Waals surface area (Å²) in [6, 6.07) is 11.8. The minimum absolute atomic E-state index is 0.616. The fraction of sp³-hybridized carbons (Fsp3) is 0.0667. The molecule has 0 N–H and O–H groups in total. The number of hydrogen-bond donors (Lipinski definition) is 0. The molecule has 3 rings (SSSR count). The first-order valence-electron chi connectivity index (χ1n) is 5.89. The summed E-state index contributed by atoms with van der Waals surface area (Å²) in [5.41, 5.74) is 4.27. The van der Waals surface area contributed by atoms with Crippen LogP contribution in [-0.4, -0.2) is 15.9 Å². The maximum absolute atomic E-state index is 11.4. The third-order valence-electron chi connectivity index (χ3n) is 3.08. The minimum atomic E-state index is 0.616. The van der Waals surface area contributed by atoms with Crippen LogP contribution >= 0.6 is 15.9 Å². The van der Waals surface area contributed by atoms with Crippen LogP contribution in [0.3, 0.4) is 0 Å². The first-order chi connectivity index (χ1) is 9.19. The molecule has 4 heteroatoms. The molecule has 0 aliphatic rings. The lowest BCUT2D eigenvalue weighted by molar-refractivity contribution is 0.112. The number of halogens is 1. The van der Waals surface area contributed by atoms with Crippen LogP contribution in [0.2, 0.25) is 0 Å². The third kappa shape index (κ3) is 2.08. The predicted molar refractivity (Wildman–Crippen MR) is 78.5 cm³/mol. The van der Waals surface area contributed by atoms with Crippen LogP contribution in [0.4, 0.5) is 0 Å². The molecule has 0 radical (unpaired) electrons. The summed E-state index contributed by atoms with van der Waals surface area (Å²) >= 11 is 3.41. The van der Waals surface area contributed by atoms with Crippen molar-refractivity contribution in [1.29, 1.82) is 0 Å². The summed E-state index contributed by atoms with van der Waals surface area (Å²) in [4.78, 5) is 11.4. The molecular formula is C15H11BrN2O. The van der Waals surface area contributed by atoms with Crippen LogP contribution in [0, 0.1) is 6.92 Å². The largest absolute Gasteiger partial charge is 0.298 e. The van der Waals surface area contributed by atoms with E-state index >= 15 is 0 Å². The van der Waals surface area contributed by atoms with Crippen molar-refractivity contribution in [1.82, 2.24) is 9.61 Å². The predicted octanol–water partition coefficient (Wildman–Crippen LogP) is 3.88. The van der Waals surface area contributed by atoms with Gasteiger partial charge in [-0.3, -0.25) is 4.79 Å². The van der Waals surface area contributed by atoms with Crippen molar-refractivity contribution >= 4 is 27.7 Å². The van der Waals surface area contributed by atoms with Gasteiger partial charge in [-0.25, -0.2) is 4.52 Å². The number of aromatic nitrogens is 2. The molecule has 2 aromatic heterocycles. The van der Waals surface area contributed by atoms with E-state index in [0.29, 0.717) is 11.3 Å². The molecule has 0 saturated carbocycles. The number of pyridine rings is 1. The van der Waals surface area contributed by atoms with Gasteiger partial charge >= 0.3 is 0 Å². The molecule has 3 aromatic rings. The lowest BCUT2D eigenvalue weighted by Gasteiger charge is -1.98. The summed E-state index contributed by atoms with van der Waals surface area (Å²) in [6.07, 6.45) is 2.70. The number of hydrogen-bond acceptors (Lipinski definition) is 2. The van der Waals surface area contributed by atoms with E-state index in [1.807, 2.05) is 49.5 Å². The lowest BCUT2D eigenvalue weighted by atomic mass is 10.1. The molecule has 0 amide bonds. The van der Waals surface area contributed by atoms with Crippen molar-refractivity contribution in [2.75, 3.05) is 0 Å². The number of nitrogens with zero attached hydrogens (tertiary/aromatic N) is 2. The summed E-state index contributed by atoms with van der Waals surface area (Å²) in [5.74, 6) is 0. The summed E-state index contributed by atoms with van der Waals surface area (Å²) in [6.45, 7) is 2.03. The van der Waals surface area contributed by atoms with E-state index in [4.69, 9.17) is 0 Å². The van der Waals surface area contributed by atoms with Gasteiger partial charge in [-0.1, -0.05) is 45.8 Å². The second-order valence-corrected chi connectivity index (χ2v) is 5.34. The molecule has 0 aliphatic carbocycles. The molecule has 0 spiro atoms. The Morgan fingerprint density at radius 1 is 1.21 bits per heavy atom. The highest BCUT2D eigenvalue weighted by Gasteiger charge is 2.13. The fourth-order valence-electron chi connectivity index (χ4n) is 2.08. The van der Waals surface area contributed by atoms with Gasteiger partial charge in [0, 0.05) is 16.2 Å². The quantitative estimate of drug-likeness (QED) is 0.673. The summed E-state index contributed by atoms with van der Waals surface area (Å²) in [7, 11) is 0. The number of benzene rings is 1. The number of fused-ring (bicyclic) bond motifs is 1. The normalized spacial score (nSPS) is 10.8. The van der Waals surface area contributed by atoms with Gasteiger partial charge in [0.15, 0.2) is 6.29 Å². The van der Waals surface area contributed by atoms with E-state index in [1.165, 1.54) is 5.56 Å². The van der Waals surface area contributed by atoms with Crippen LogP contribution in [0.1, 0.15) is 15.9 Å². The van der Waals surface area contributed by atoms with Gasteiger partial charge < -0.3 is 0 Å². The summed E-state index contributed by atoms with van der Waals surface area (Å²) < 4.78 is 2.66. The second kappa shape index (κ2) is 4.63. The molecule has 1 aromatic carbocycles. The molecule has 0 atom stereocenters. The van der Waals surface area contributed by atoms with Gasteiger partial charge in [0.2, 0.25) is 0 Å². The van der Waals surface area contributed by atoms with Crippen LogP contribution in [0.15, 0.2) is 47.1 Å². The van der Waals surface area contributed by atoms with Gasteiger partial charge in [0.25, 0.3) is 0 Å². The molecule has 0 fully saturated rings. The number of aryl methyl sites for hydroxylation is 1. The molecule has 19 heavy (non-hydrogen) atoms. The van der Waals surface area contributed by atoms with Crippen molar-refractivity contribution in [3.05, 3.63) is 58.2 Å². The van der Waals surface area contributed by atoms with Crippen molar-refractivity contribution in [2.24, 2.45) is 0 Å². The first kappa shape index (κ1) is 12.1. The molecule has 94 valence electrons.